The summed E-state index contributed by atoms with van der Waals surface area (Å²) in [5.74, 6) is 0.408. The van der Waals surface area contributed by atoms with Crippen molar-refractivity contribution in [2.45, 2.75) is 38.1 Å². The zero-order valence-corrected chi connectivity index (χ0v) is 14.1. The van der Waals surface area contributed by atoms with Crippen molar-refractivity contribution in [3.8, 4) is 0 Å². The van der Waals surface area contributed by atoms with Crippen LogP contribution in [0.2, 0.25) is 10.0 Å². The van der Waals surface area contributed by atoms with Gasteiger partial charge in [0.1, 0.15) is 0 Å². The van der Waals surface area contributed by atoms with Gasteiger partial charge in [0.05, 0.1) is 20.6 Å². The predicted octanol–water partition coefficient (Wildman–Crippen LogP) is 3.96. The van der Waals surface area contributed by atoms with E-state index in [1.807, 2.05) is 0 Å². The third-order valence-corrected chi connectivity index (χ3v) is 5.26. The molecule has 114 valence electrons. The molecular weight excluding hydrogens is 327 g/mol. The monoisotopic (exact) mass is 344 g/mol. The Morgan fingerprint density at radius 3 is 2.48 bits per heavy atom. The van der Waals surface area contributed by atoms with Crippen LogP contribution in [0.1, 0.15) is 43.0 Å². The lowest BCUT2D eigenvalue weighted by Gasteiger charge is -2.39. The second-order valence-electron chi connectivity index (χ2n) is 5.71. The zero-order valence-electron chi connectivity index (χ0n) is 11.8. The molecule has 1 fully saturated rings. The van der Waals surface area contributed by atoms with Crippen LogP contribution >= 0.6 is 35.4 Å². The first-order valence-corrected chi connectivity index (χ1v) is 8.08. The molecule has 1 aromatic rings. The topological polar surface area (TPSA) is 55.1 Å². The second kappa shape index (κ2) is 6.51. The maximum atomic E-state index is 12.4. The molecular formula is C15H18Cl2N2OS. The highest BCUT2D eigenvalue weighted by molar-refractivity contribution is 7.80. The number of carbonyl (C=O) groups excluding carboxylic acids is 1. The van der Waals surface area contributed by atoms with Crippen LogP contribution in [0.25, 0.3) is 0 Å². The molecule has 0 bridgehead atoms. The summed E-state index contributed by atoms with van der Waals surface area (Å²) in [6.07, 6.45) is 3.55. The maximum absolute atomic E-state index is 12.4. The summed E-state index contributed by atoms with van der Waals surface area (Å²) >= 11 is 17.0. The number of halogens is 2. The minimum absolute atomic E-state index is 0.226. The summed E-state index contributed by atoms with van der Waals surface area (Å²) in [4.78, 5) is 12.8. The fraction of sp³-hybridized carbons (Fsp3) is 0.467. The van der Waals surface area contributed by atoms with E-state index in [0.29, 0.717) is 26.5 Å². The Morgan fingerprint density at radius 2 is 1.95 bits per heavy atom. The van der Waals surface area contributed by atoms with Crippen LogP contribution in [0, 0.1) is 5.92 Å². The molecule has 0 atom stereocenters. The van der Waals surface area contributed by atoms with E-state index in [2.05, 4.69) is 12.2 Å². The van der Waals surface area contributed by atoms with Gasteiger partial charge in [0.25, 0.3) is 5.91 Å². The Hall–Kier alpha value is -0.840. The first kappa shape index (κ1) is 16.5. The van der Waals surface area contributed by atoms with E-state index >= 15 is 0 Å². The highest BCUT2D eigenvalue weighted by Crippen LogP contribution is 2.33. The maximum Gasteiger partial charge on any atom is 0.252 e. The van der Waals surface area contributed by atoms with E-state index < -0.39 is 5.54 Å². The second-order valence-corrected chi connectivity index (χ2v) is 6.97. The molecule has 1 aromatic carbocycles. The number of benzene rings is 1. The molecule has 0 aliphatic heterocycles. The molecule has 21 heavy (non-hydrogen) atoms. The number of amides is 1. The third-order valence-electron chi connectivity index (χ3n) is 4.13. The van der Waals surface area contributed by atoms with Gasteiger partial charge >= 0.3 is 0 Å². The smallest absolute Gasteiger partial charge is 0.252 e. The molecule has 1 saturated carbocycles. The Labute approximate surface area is 140 Å². The van der Waals surface area contributed by atoms with Crippen LogP contribution in [0.4, 0.5) is 0 Å². The van der Waals surface area contributed by atoms with Gasteiger partial charge in [-0.1, -0.05) is 42.3 Å². The predicted molar refractivity (Wildman–Crippen MR) is 91.1 cm³/mol. The average molecular weight is 345 g/mol. The first-order chi connectivity index (χ1) is 9.84. The molecule has 3 N–H and O–H groups in total. The molecule has 0 spiro atoms. The van der Waals surface area contributed by atoms with Gasteiger partial charge in [0, 0.05) is 5.56 Å². The van der Waals surface area contributed by atoms with Crippen molar-refractivity contribution >= 4 is 46.3 Å². The van der Waals surface area contributed by atoms with E-state index in [4.69, 9.17) is 41.2 Å². The van der Waals surface area contributed by atoms with E-state index in [1.54, 1.807) is 18.2 Å². The number of nitrogens with two attached hydrogens (primary N) is 1. The normalized spacial score (nSPS) is 25.4. The van der Waals surface area contributed by atoms with Gasteiger partial charge in [-0.2, -0.15) is 0 Å². The van der Waals surface area contributed by atoms with Gasteiger partial charge in [-0.15, -0.1) is 0 Å². The number of carbonyl (C=O) groups is 1. The summed E-state index contributed by atoms with van der Waals surface area (Å²) < 4.78 is 0. The molecule has 1 aliphatic carbocycles. The van der Waals surface area contributed by atoms with Gasteiger partial charge in [0.15, 0.2) is 0 Å². The average Bonchev–Trinajstić information content (AvgIpc) is 2.44. The summed E-state index contributed by atoms with van der Waals surface area (Å²) in [5.41, 5.74) is 5.76. The lowest BCUT2D eigenvalue weighted by molar-refractivity contribution is 0.0900. The highest BCUT2D eigenvalue weighted by atomic mass is 35.5. The van der Waals surface area contributed by atoms with Crippen LogP contribution in [-0.4, -0.2) is 16.4 Å². The first-order valence-electron chi connectivity index (χ1n) is 6.91. The van der Waals surface area contributed by atoms with E-state index in [1.165, 1.54) is 0 Å². The van der Waals surface area contributed by atoms with Crippen molar-refractivity contribution in [2.75, 3.05) is 0 Å². The minimum Gasteiger partial charge on any atom is -0.391 e. The van der Waals surface area contributed by atoms with Crippen LogP contribution in [-0.2, 0) is 0 Å². The van der Waals surface area contributed by atoms with E-state index in [9.17, 15) is 4.79 Å². The van der Waals surface area contributed by atoms with Crippen molar-refractivity contribution in [3.63, 3.8) is 0 Å². The van der Waals surface area contributed by atoms with Crippen molar-refractivity contribution < 1.29 is 4.79 Å². The molecule has 0 unspecified atom stereocenters. The lowest BCUT2D eigenvalue weighted by atomic mass is 9.77. The fourth-order valence-electron chi connectivity index (χ4n) is 2.61. The molecule has 0 aromatic heterocycles. The van der Waals surface area contributed by atoms with E-state index in [-0.39, 0.29) is 5.91 Å². The molecule has 1 aliphatic rings. The minimum atomic E-state index is -0.592. The Balaban J connectivity index is 2.19. The number of hydrogen-bond acceptors (Lipinski definition) is 2. The molecule has 0 radical (unpaired) electrons. The fourth-order valence-corrected chi connectivity index (χ4v) is 3.17. The van der Waals surface area contributed by atoms with Gasteiger partial charge in [-0.05, 0) is 49.8 Å². The summed E-state index contributed by atoms with van der Waals surface area (Å²) in [5, 5.41) is 3.78. The van der Waals surface area contributed by atoms with Gasteiger partial charge in [-0.25, -0.2) is 0 Å². The molecule has 0 heterocycles. The molecule has 0 saturated heterocycles. The number of hydrogen-bond donors (Lipinski definition) is 2. The lowest BCUT2D eigenvalue weighted by Crippen LogP contribution is -2.58. The summed E-state index contributed by atoms with van der Waals surface area (Å²) in [7, 11) is 0. The standard InChI is InChI=1S/C15H18Cl2N2OS/c1-9-4-6-15(7-5-9,14(18)21)19-13(20)10-2-3-11(16)12(17)8-10/h2-3,8-9H,4-7H2,1H3,(H2,18,21)(H,19,20). The largest absolute Gasteiger partial charge is 0.391 e. The van der Waals surface area contributed by atoms with Crippen molar-refractivity contribution in [3.05, 3.63) is 33.8 Å². The van der Waals surface area contributed by atoms with Crippen LogP contribution in [0.3, 0.4) is 0 Å². The zero-order chi connectivity index (χ0) is 15.6. The Bertz CT molecular complexity index is 569. The Kier molecular flexibility index (Phi) is 5.12. The third kappa shape index (κ3) is 3.68. The SMILES string of the molecule is CC1CCC(NC(=O)c2ccc(Cl)c(Cl)c2)(C(N)=S)CC1. The van der Waals surface area contributed by atoms with Crippen LogP contribution in [0.5, 0.6) is 0 Å². The quantitative estimate of drug-likeness (QED) is 0.816. The number of rotatable bonds is 3. The number of nitrogens with one attached hydrogen (secondary N) is 1. The highest BCUT2D eigenvalue weighted by Gasteiger charge is 2.38. The molecule has 2 rings (SSSR count). The Morgan fingerprint density at radius 1 is 1.33 bits per heavy atom. The molecule has 6 heteroatoms. The molecule has 1 amide bonds. The van der Waals surface area contributed by atoms with Crippen molar-refractivity contribution in [1.29, 1.82) is 0 Å². The van der Waals surface area contributed by atoms with E-state index in [0.717, 1.165) is 25.7 Å². The van der Waals surface area contributed by atoms with Crippen molar-refractivity contribution in [2.24, 2.45) is 11.7 Å². The number of thiocarbonyl (C=S) groups is 1. The van der Waals surface area contributed by atoms with Gasteiger partial charge in [0.2, 0.25) is 0 Å². The summed E-state index contributed by atoms with van der Waals surface area (Å²) in [6.45, 7) is 2.20. The van der Waals surface area contributed by atoms with Crippen LogP contribution < -0.4 is 11.1 Å². The van der Waals surface area contributed by atoms with Crippen LogP contribution in [0.15, 0.2) is 18.2 Å². The van der Waals surface area contributed by atoms with Gasteiger partial charge < -0.3 is 11.1 Å². The molecule has 3 nitrogen and oxygen atoms in total. The van der Waals surface area contributed by atoms with Gasteiger partial charge in [-0.3, -0.25) is 4.79 Å². The summed E-state index contributed by atoms with van der Waals surface area (Å²) in [6, 6.07) is 4.80. The van der Waals surface area contributed by atoms with Crippen molar-refractivity contribution in [1.82, 2.24) is 5.32 Å².